The van der Waals surface area contributed by atoms with Crippen molar-refractivity contribution in [2.75, 3.05) is 6.54 Å². The number of rotatable bonds is 5. The maximum absolute atomic E-state index is 12.8. The number of benzene rings is 1. The highest BCUT2D eigenvalue weighted by Crippen LogP contribution is 2.34. The Bertz CT molecular complexity index is 710. The van der Waals surface area contributed by atoms with E-state index >= 15 is 0 Å². The largest absolute Gasteiger partial charge is 0.334 e. The molecular formula is C19H25N5O. The van der Waals surface area contributed by atoms with Crippen molar-refractivity contribution in [1.82, 2.24) is 25.0 Å². The molecule has 25 heavy (non-hydrogen) atoms. The Hall–Kier alpha value is -2.37. The van der Waals surface area contributed by atoms with Gasteiger partial charge in [-0.25, -0.2) is 4.79 Å². The van der Waals surface area contributed by atoms with Crippen molar-refractivity contribution in [2.45, 2.75) is 51.2 Å². The van der Waals surface area contributed by atoms with Gasteiger partial charge in [0.1, 0.15) is 6.33 Å². The van der Waals surface area contributed by atoms with Crippen molar-refractivity contribution >= 4 is 6.03 Å². The lowest BCUT2D eigenvalue weighted by Gasteiger charge is -2.35. The third kappa shape index (κ3) is 3.83. The van der Waals surface area contributed by atoms with Gasteiger partial charge in [0.2, 0.25) is 0 Å². The summed E-state index contributed by atoms with van der Waals surface area (Å²) in [5.41, 5.74) is 1.11. The Kier molecular flexibility index (Phi) is 4.68. The predicted molar refractivity (Wildman–Crippen MR) is 94.7 cm³/mol. The Morgan fingerprint density at radius 1 is 1.16 bits per heavy atom. The molecule has 1 aliphatic heterocycles. The molecule has 1 aromatic heterocycles. The fourth-order valence-electron chi connectivity index (χ4n) is 3.56. The van der Waals surface area contributed by atoms with E-state index in [1.807, 2.05) is 41.6 Å². The van der Waals surface area contributed by atoms with Gasteiger partial charge in [-0.05, 0) is 43.6 Å². The monoisotopic (exact) mass is 339 g/mol. The van der Waals surface area contributed by atoms with Crippen LogP contribution >= 0.6 is 0 Å². The van der Waals surface area contributed by atoms with Crippen LogP contribution in [0.2, 0.25) is 0 Å². The standard InChI is InChI=1S/C19H25N5O/c25-19(20-12-15-6-2-1-3-7-15)24-11-5-4-8-17(24)18-22-21-14-23(18)13-16-9-10-16/h1-3,6-7,14,16-17H,4-5,8-13H2,(H,20,25). The van der Waals surface area contributed by atoms with Gasteiger partial charge in [0.25, 0.3) is 0 Å². The Labute approximate surface area is 148 Å². The molecule has 1 saturated carbocycles. The number of aromatic nitrogens is 3. The highest BCUT2D eigenvalue weighted by molar-refractivity contribution is 5.74. The summed E-state index contributed by atoms with van der Waals surface area (Å²) in [6.45, 7) is 2.32. The lowest BCUT2D eigenvalue weighted by molar-refractivity contribution is 0.145. The normalized spacial score (nSPS) is 20.5. The molecule has 0 radical (unpaired) electrons. The third-order valence-corrected chi connectivity index (χ3v) is 5.15. The molecule has 1 saturated heterocycles. The Morgan fingerprint density at radius 2 is 2.00 bits per heavy atom. The summed E-state index contributed by atoms with van der Waals surface area (Å²) in [7, 11) is 0. The van der Waals surface area contributed by atoms with Gasteiger partial charge in [-0.1, -0.05) is 30.3 Å². The molecular weight excluding hydrogens is 314 g/mol. The first kappa shape index (κ1) is 16.1. The van der Waals surface area contributed by atoms with Gasteiger partial charge in [0, 0.05) is 19.6 Å². The van der Waals surface area contributed by atoms with E-state index in [0.717, 1.165) is 49.7 Å². The number of piperidine rings is 1. The number of hydrogen-bond donors (Lipinski definition) is 1. The molecule has 2 heterocycles. The van der Waals surface area contributed by atoms with Crippen LogP contribution in [0.25, 0.3) is 0 Å². The molecule has 2 aliphatic rings. The number of amides is 2. The minimum atomic E-state index is -0.00507. The molecule has 6 nitrogen and oxygen atoms in total. The third-order valence-electron chi connectivity index (χ3n) is 5.15. The summed E-state index contributed by atoms with van der Waals surface area (Å²) in [5, 5.41) is 11.5. The minimum absolute atomic E-state index is 0.00507. The van der Waals surface area contributed by atoms with E-state index in [9.17, 15) is 4.79 Å². The van der Waals surface area contributed by atoms with Crippen molar-refractivity contribution in [3.8, 4) is 0 Å². The molecule has 0 spiro atoms. The van der Waals surface area contributed by atoms with E-state index in [1.54, 1.807) is 0 Å². The highest BCUT2D eigenvalue weighted by atomic mass is 16.2. The summed E-state index contributed by atoms with van der Waals surface area (Å²) in [4.78, 5) is 14.7. The molecule has 1 unspecified atom stereocenters. The van der Waals surface area contributed by atoms with Crippen LogP contribution in [0.3, 0.4) is 0 Å². The fraction of sp³-hybridized carbons (Fsp3) is 0.526. The summed E-state index contributed by atoms with van der Waals surface area (Å²) in [6, 6.07) is 10.1. The van der Waals surface area contributed by atoms with Crippen molar-refractivity contribution < 1.29 is 4.79 Å². The van der Waals surface area contributed by atoms with E-state index in [4.69, 9.17) is 0 Å². The minimum Gasteiger partial charge on any atom is -0.334 e. The average molecular weight is 339 g/mol. The zero-order chi connectivity index (χ0) is 17.1. The first-order valence-electron chi connectivity index (χ1n) is 9.27. The van der Waals surface area contributed by atoms with E-state index in [-0.39, 0.29) is 12.1 Å². The smallest absolute Gasteiger partial charge is 0.318 e. The molecule has 132 valence electrons. The molecule has 0 bridgehead atoms. The van der Waals surface area contributed by atoms with Crippen molar-refractivity contribution in [3.63, 3.8) is 0 Å². The number of urea groups is 1. The molecule has 1 N–H and O–H groups in total. The molecule has 2 fully saturated rings. The van der Waals surface area contributed by atoms with Crippen LogP contribution in [0, 0.1) is 5.92 Å². The molecule has 4 rings (SSSR count). The van der Waals surface area contributed by atoms with Crippen LogP contribution in [-0.2, 0) is 13.1 Å². The van der Waals surface area contributed by atoms with E-state index in [0.29, 0.717) is 6.54 Å². The van der Waals surface area contributed by atoms with Gasteiger partial charge in [-0.2, -0.15) is 0 Å². The fourth-order valence-corrected chi connectivity index (χ4v) is 3.56. The van der Waals surface area contributed by atoms with Gasteiger partial charge in [0.15, 0.2) is 5.82 Å². The second-order valence-electron chi connectivity index (χ2n) is 7.13. The van der Waals surface area contributed by atoms with Crippen molar-refractivity contribution in [1.29, 1.82) is 0 Å². The summed E-state index contributed by atoms with van der Waals surface area (Å²) in [5.74, 6) is 1.71. The van der Waals surface area contributed by atoms with Gasteiger partial charge in [-0.15, -0.1) is 10.2 Å². The van der Waals surface area contributed by atoms with Crippen LogP contribution < -0.4 is 5.32 Å². The van der Waals surface area contributed by atoms with Crippen molar-refractivity contribution in [2.24, 2.45) is 5.92 Å². The molecule has 1 atom stereocenters. The maximum Gasteiger partial charge on any atom is 0.318 e. The van der Waals surface area contributed by atoms with Crippen LogP contribution in [0.15, 0.2) is 36.7 Å². The summed E-state index contributed by atoms with van der Waals surface area (Å²) in [6.07, 6.45) is 7.55. The number of likely N-dealkylation sites (tertiary alicyclic amines) is 1. The predicted octanol–water partition coefficient (Wildman–Crippen LogP) is 3.12. The number of carbonyl (C=O) groups is 1. The summed E-state index contributed by atoms with van der Waals surface area (Å²) < 4.78 is 2.16. The van der Waals surface area contributed by atoms with Gasteiger partial charge in [-0.3, -0.25) is 0 Å². The second kappa shape index (κ2) is 7.25. The van der Waals surface area contributed by atoms with Gasteiger partial charge in [0.05, 0.1) is 6.04 Å². The number of nitrogens with zero attached hydrogens (tertiary/aromatic N) is 4. The number of carbonyl (C=O) groups excluding carboxylic acids is 1. The first-order valence-corrected chi connectivity index (χ1v) is 9.27. The highest BCUT2D eigenvalue weighted by Gasteiger charge is 2.32. The molecule has 6 heteroatoms. The van der Waals surface area contributed by atoms with E-state index in [2.05, 4.69) is 20.1 Å². The van der Waals surface area contributed by atoms with Crippen LogP contribution in [-0.4, -0.2) is 32.2 Å². The first-order chi connectivity index (χ1) is 12.3. The van der Waals surface area contributed by atoms with Gasteiger partial charge < -0.3 is 14.8 Å². The maximum atomic E-state index is 12.8. The Morgan fingerprint density at radius 3 is 2.80 bits per heavy atom. The molecule has 1 aromatic carbocycles. The molecule has 2 aromatic rings. The quantitative estimate of drug-likeness (QED) is 0.910. The zero-order valence-corrected chi connectivity index (χ0v) is 14.5. The van der Waals surface area contributed by atoms with Crippen LogP contribution in [0.1, 0.15) is 49.5 Å². The molecule has 1 aliphatic carbocycles. The lowest BCUT2D eigenvalue weighted by atomic mass is 10.0. The van der Waals surface area contributed by atoms with Gasteiger partial charge >= 0.3 is 6.03 Å². The number of nitrogens with one attached hydrogen (secondary N) is 1. The van der Waals surface area contributed by atoms with E-state index in [1.165, 1.54) is 12.8 Å². The van der Waals surface area contributed by atoms with Crippen LogP contribution in [0.5, 0.6) is 0 Å². The Balaban J connectivity index is 1.45. The topological polar surface area (TPSA) is 63.1 Å². The zero-order valence-electron chi connectivity index (χ0n) is 14.5. The average Bonchev–Trinajstić information content (AvgIpc) is 3.36. The second-order valence-corrected chi connectivity index (χ2v) is 7.13. The number of hydrogen-bond acceptors (Lipinski definition) is 3. The van der Waals surface area contributed by atoms with Crippen LogP contribution in [0.4, 0.5) is 4.79 Å². The van der Waals surface area contributed by atoms with Crippen molar-refractivity contribution in [3.05, 3.63) is 48.0 Å². The SMILES string of the molecule is O=C(NCc1ccccc1)N1CCCCC1c1nncn1CC1CC1. The summed E-state index contributed by atoms with van der Waals surface area (Å²) >= 11 is 0. The lowest BCUT2D eigenvalue weighted by Crippen LogP contribution is -2.45. The van der Waals surface area contributed by atoms with E-state index < -0.39 is 0 Å². The molecule has 2 amide bonds.